The molecule has 1 aromatic carbocycles. The lowest BCUT2D eigenvalue weighted by atomic mass is 10.1. The smallest absolute Gasteiger partial charge is 0.408 e. The van der Waals surface area contributed by atoms with Crippen molar-refractivity contribution in [2.45, 2.75) is 59.3 Å². The molecule has 13 nitrogen and oxygen atoms in total. The van der Waals surface area contributed by atoms with Crippen LogP contribution in [0.4, 0.5) is 16.6 Å². The van der Waals surface area contributed by atoms with Gasteiger partial charge in [-0.25, -0.2) is 19.7 Å². The summed E-state index contributed by atoms with van der Waals surface area (Å²) in [6, 6.07) is 9.75. The molecule has 1 fully saturated rings. The second-order valence-corrected chi connectivity index (χ2v) is 12.3. The van der Waals surface area contributed by atoms with Gasteiger partial charge in [0, 0.05) is 75.9 Å². The van der Waals surface area contributed by atoms with E-state index in [0.717, 1.165) is 33.6 Å². The summed E-state index contributed by atoms with van der Waals surface area (Å²) in [5.41, 5.74) is 3.70. The van der Waals surface area contributed by atoms with Gasteiger partial charge in [-0.15, -0.1) is 0 Å². The van der Waals surface area contributed by atoms with E-state index in [4.69, 9.17) is 9.47 Å². The monoisotopic (exact) mass is 647 g/mol. The maximum Gasteiger partial charge on any atom is 0.408 e. The summed E-state index contributed by atoms with van der Waals surface area (Å²) in [5, 5.41) is 12.5. The van der Waals surface area contributed by atoms with Gasteiger partial charge in [0.2, 0.25) is 11.9 Å². The van der Waals surface area contributed by atoms with Crippen molar-refractivity contribution in [1.29, 1.82) is 0 Å². The third-order valence-corrected chi connectivity index (χ3v) is 7.48. The summed E-state index contributed by atoms with van der Waals surface area (Å²) in [6.45, 7) is 10.3. The van der Waals surface area contributed by atoms with Crippen LogP contribution in [0.5, 0.6) is 0 Å². The highest BCUT2D eigenvalue weighted by molar-refractivity contribution is 5.82. The number of anilines is 2. The van der Waals surface area contributed by atoms with Crippen LogP contribution in [0.1, 0.15) is 50.8 Å². The molecule has 47 heavy (non-hydrogen) atoms. The SMILES string of the molecule is CCOC(=O)CCc1cnc(N2CCN(c3ncc(-c4cccc(CN(C)C(=O)CNC(=O)OC(C)(C)C)c4)cn3)CC2)c(CO)c1. The van der Waals surface area contributed by atoms with Crippen LogP contribution < -0.4 is 15.1 Å². The van der Waals surface area contributed by atoms with Gasteiger partial charge in [-0.3, -0.25) is 9.59 Å². The Labute approximate surface area is 275 Å². The number of carbonyl (C=O) groups is 3. The fourth-order valence-corrected chi connectivity index (χ4v) is 5.13. The van der Waals surface area contributed by atoms with E-state index in [1.54, 1.807) is 58.2 Å². The van der Waals surface area contributed by atoms with Gasteiger partial charge in [0.15, 0.2) is 0 Å². The van der Waals surface area contributed by atoms with Crippen LogP contribution in [0.15, 0.2) is 48.9 Å². The number of amides is 2. The average molecular weight is 648 g/mol. The number of aryl methyl sites for hydroxylation is 1. The number of aromatic nitrogens is 3. The minimum Gasteiger partial charge on any atom is -0.466 e. The lowest BCUT2D eigenvalue weighted by Crippen LogP contribution is -2.47. The summed E-state index contributed by atoms with van der Waals surface area (Å²) in [5.74, 6) is 0.901. The van der Waals surface area contributed by atoms with Gasteiger partial charge >= 0.3 is 12.1 Å². The first kappa shape index (κ1) is 35.1. The second kappa shape index (κ2) is 16.2. The summed E-state index contributed by atoms with van der Waals surface area (Å²) in [4.78, 5) is 55.9. The Balaban J connectivity index is 1.30. The number of esters is 1. The fourth-order valence-electron chi connectivity index (χ4n) is 5.13. The average Bonchev–Trinajstić information content (AvgIpc) is 3.05. The number of hydrogen-bond donors (Lipinski definition) is 2. The maximum absolute atomic E-state index is 12.6. The van der Waals surface area contributed by atoms with Crippen LogP contribution in [0.25, 0.3) is 11.1 Å². The number of benzene rings is 1. The lowest BCUT2D eigenvalue weighted by Gasteiger charge is -2.36. The summed E-state index contributed by atoms with van der Waals surface area (Å²) >= 11 is 0. The van der Waals surface area contributed by atoms with Crippen molar-refractivity contribution >= 4 is 29.7 Å². The third-order valence-electron chi connectivity index (χ3n) is 7.48. The number of hydrogen-bond acceptors (Lipinski definition) is 11. The predicted octanol–water partition coefficient (Wildman–Crippen LogP) is 3.34. The molecule has 4 rings (SSSR count). The highest BCUT2D eigenvalue weighted by Crippen LogP contribution is 2.24. The van der Waals surface area contributed by atoms with E-state index < -0.39 is 11.7 Å². The fraction of sp³-hybridized carbons (Fsp3) is 0.471. The van der Waals surface area contributed by atoms with E-state index in [1.807, 2.05) is 30.3 Å². The number of pyridine rings is 1. The zero-order valence-corrected chi connectivity index (χ0v) is 27.9. The molecule has 3 aromatic rings. The van der Waals surface area contributed by atoms with Crippen LogP contribution in [-0.2, 0) is 38.6 Å². The molecule has 0 bridgehead atoms. The minimum atomic E-state index is -0.636. The molecule has 0 saturated carbocycles. The quantitative estimate of drug-likeness (QED) is 0.279. The number of aliphatic hydroxyl groups excluding tert-OH is 1. The summed E-state index contributed by atoms with van der Waals surface area (Å²) in [7, 11) is 1.69. The van der Waals surface area contributed by atoms with Gasteiger partial charge < -0.3 is 34.6 Å². The van der Waals surface area contributed by atoms with E-state index in [-0.39, 0.29) is 31.4 Å². The number of ether oxygens (including phenoxy) is 2. The van der Waals surface area contributed by atoms with Crippen molar-refractivity contribution in [3.05, 3.63) is 65.6 Å². The van der Waals surface area contributed by atoms with Crippen molar-refractivity contribution in [1.82, 2.24) is 25.2 Å². The molecule has 0 aliphatic carbocycles. The molecule has 2 N–H and O–H groups in total. The lowest BCUT2D eigenvalue weighted by molar-refractivity contribution is -0.143. The van der Waals surface area contributed by atoms with Gasteiger partial charge in [-0.2, -0.15) is 0 Å². The Morgan fingerprint density at radius 2 is 1.66 bits per heavy atom. The van der Waals surface area contributed by atoms with Gasteiger partial charge in [-0.05, 0) is 62.9 Å². The molecule has 0 radical (unpaired) electrons. The molecule has 0 atom stereocenters. The van der Waals surface area contributed by atoms with Crippen molar-refractivity contribution in [3.8, 4) is 11.1 Å². The van der Waals surface area contributed by atoms with E-state index in [0.29, 0.717) is 51.7 Å². The predicted molar refractivity (Wildman–Crippen MR) is 178 cm³/mol. The Bertz CT molecular complexity index is 1520. The summed E-state index contributed by atoms with van der Waals surface area (Å²) < 4.78 is 10.2. The van der Waals surface area contributed by atoms with E-state index in [1.165, 1.54) is 0 Å². The first-order valence-corrected chi connectivity index (χ1v) is 15.8. The van der Waals surface area contributed by atoms with Crippen LogP contribution in [-0.4, -0.2) is 94.9 Å². The molecule has 2 amide bonds. The first-order valence-electron chi connectivity index (χ1n) is 15.8. The molecule has 1 saturated heterocycles. The highest BCUT2D eigenvalue weighted by atomic mass is 16.6. The van der Waals surface area contributed by atoms with E-state index in [2.05, 4.69) is 30.1 Å². The van der Waals surface area contributed by atoms with Crippen molar-refractivity contribution in [2.75, 3.05) is 56.2 Å². The maximum atomic E-state index is 12.6. The van der Waals surface area contributed by atoms with Crippen LogP contribution >= 0.6 is 0 Å². The first-order chi connectivity index (χ1) is 22.5. The Morgan fingerprint density at radius 1 is 0.957 bits per heavy atom. The number of carbonyl (C=O) groups excluding carboxylic acids is 3. The number of nitrogens with one attached hydrogen (secondary N) is 1. The second-order valence-electron chi connectivity index (χ2n) is 12.3. The molecule has 252 valence electrons. The normalized spacial score (nSPS) is 13.2. The Morgan fingerprint density at radius 3 is 2.32 bits per heavy atom. The van der Waals surface area contributed by atoms with E-state index >= 15 is 0 Å². The number of nitrogens with zero attached hydrogens (tertiary/aromatic N) is 6. The van der Waals surface area contributed by atoms with Crippen molar-refractivity contribution in [3.63, 3.8) is 0 Å². The third kappa shape index (κ3) is 10.4. The van der Waals surface area contributed by atoms with Crippen molar-refractivity contribution < 1.29 is 29.0 Å². The van der Waals surface area contributed by atoms with Gasteiger partial charge in [-0.1, -0.05) is 18.2 Å². The molecular weight excluding hydrogens is 602 g/mol. The molecule has 3 heterocycles. The zero-order valence-electron chi connectivity index (χ0n) is 27.9. The Hall–Kier alpha value is -4.78. The Kier molecular flexibility index (Phi) is 12.1. The minimum absolute atomic E-state index is 0.139. The van der Waals surface area contributed by atoms with Gasteiger partial charge in [0.25, 0.3) is 0 Å². The largest absolute Gasteiger partial charge is 0.466 e. The van der Waals surface area contributed by atoms with Crippen LogP contribution in [0.2, 0.25) is 0 Å². The molecule has 2 aromatic heterocycles. The standard InChI is InChI=1S/C34H45N7O6/c1-6-46-30(44)11-10-24-16-27(23-42)31(35-18-24)40-12-14-41(15-13-40)32-36-19-28(20-37-32)26-9-7-8-25(17-26)22-39(5)29(43)21-38-33(45)47-34(2,3)4/h7-9,16-20,42H,6,10-15,21-23H2,1-5H3,(H,38,45). The number of rotatable bonds is 12. The molecule has 1 aliphatic heterocycles. The van der Waals surface area contributed by atoms with Crippen LogP contribution in [0, 0.1) is 0 Å². The van der Waals surface area contributed by atoms with Crippen LogP contribution in [0.3, 0.4) is 0 Å². The number of aliphatic hydroxyl groups is 1. The van der Waals surface area contributed by atoms with Gasteiger partial charge in [0.1, 0.15) is 18.0 Å². The number of piperazine rings is 1. The summed E-state index contributed by atoms with van der Waals surface area (Å²) in [6.07, 6.45) is 5.52. The van der Waals surface area contributed by atoms with Gasteiger partial charge in [0.05, 0.1) is 13.2 Å². The topological polar surface area (TPSA) is 150 Å². The van der Waals surface area contributed by atoms with Crippen molar-refractivity contribution in [2.24, 2.45) is 0 Å². The molecule has 1 aliphatic rings. The molecule has 0 spiro atoms. The molecule has 0 unspecified atom stereocenters. The number of likely N-dealkylation sites (N-methyl/N-ethyl adjacent to an activating group) is 1. The molecule has 13 heteroatoms. The highest BCUT2D eigenvalue weighted by Gasteiger charge is 2.23. The molecular formula is C34H45N7O6. The van der Waals surface area contributed by atoms with E-state index in [9.17, 15) is 19.5 Å². The zero-order chi connectivity index (χ0) is 34.0. The number of alkyl carbamates (subject to hydrolysis) is 1.